The van der Waals surface area contributed by atoms with Gasteiger partial charge in [-0.2, -0.15) is 0 Å². The number of aromatic nitrogens is 3. The predicted molar refractivity (Wildman–Crippen MR) is 96.0 cm³/mol. The summed E-state index contributed by atoms with van der Waals surface area (Å²) in [5.41, 5.74) is 3.66. The van der Waals surface area contributed by atoms with Crippen molar-refractivity contribution < 1.29 is 0 Å². The maximum atomic E-state index is 6.08. The van der Waals surface area contributed by atoms with Crippen LogP contribution in [0, 0.1) is 6.92 Å². The molecule has 2 aromatic heterocycles. The van der Waals surface area contributed by atoms with Crippen LogP contribution in [0.4, 0.5) is 0 Å². The molecule has 0 unspecified atom stereocenters. The van der Waals surface area contributed by atoms with E-state index in [-0.39, 0.29) is 0 Å². The van der Waals surface area contributed by atoms with Gasteiger partial charge in [0.25, 0.3) is 0 Å². The second-order valence-electron chi connectivity index (χ2n) is 5.84. The summed E-state index contributed by atoms with van der Waals surface area (Å²) in [4.78, 5) is 7.83. The first-order chi connectivity index (χ1) is 11.2. The number of hydrogen-bond donors (Lipinski definition) is 2. The van der Waals surface area contributed by atoms with Crippen LogP contribution >= 0.6 is 11.6 Å². The number of rotatable bonds is 7. The van der Waals surface area contributed by atoms with Crippen molar-refractivity contribution in [2.45, 2.75) is 39.8 Å². The lowest BCUT2D eigenvalue weighted by atomic mass is 10.1. The third-order valence-electron chi connectivity index (χ3n) is 4.30. The van der Waals surface area contributed by atoms with Crippen molar-refractivity contribution >= 4 is 22.5 Å². The highest BCUT2D eigenvalue weighted by Crippen LogP contribution is 2.24. The molecule has 0 saturated carbocycles. The van der Waals surface area contributed by atoms with E-state index in [9.17, 15) is 0 Å². The first-order valence-corrected chi connectivity index (χ1v) is 8.54. The number of halogens is 1. The molecule has 2 N–H and O–H groups in total. The molecule has 0 amide bonds. The molecule has 4 nitrogen and oxygen atoms in total. The standard InChI is InChI=1S/C18H23ClN4/c1-3-18-21-8-10-23(18)9-4-7-20-12-17-13(2)15-11-14(19)5-6-16(15)22-17/h5-6,8,10-11,20,22H,3-4,7,9,12H2,1-2H3. The molecule has 0 aliphatic heterocycles. The normalized spacial score (nSPS) is 11.4. The minimum absolute atomic E-state index is 0.783. The number of fused-ring (bicyclic) bond motifs is 1. The zero-order valence-corrected chi connectivity index (χ0v) is 14.5. The Morgan fingerprint density at radius 1 is 1.35 bits per heavy atom. The Labute approximate surface area is 141 Å². The highest BCUT2D eigenvalue weighted by Gasteiger charge is 2.07. The van der Waals surface area contributed by atoms with E-state index in [0.29, 0.717) is 0 Å². The van der Waals surface area contributed by atoms with Gasteiger partial charge in [0, 0.05) is 53.5 Å². The summed E-state index contributed by atoms with van der Waals surface area (Å²) in [6.07, 6.45) is 6.02. The summed E-state index contributed by atoms with van der Waals surface area (Å²) in [6, 6.07) is 5.99. The molecule has 3 rings (SSSR count). The van der Waals surface area contributed by atoms with Crippen LogP contribution in [0.5, 0.6) is 0 Å². The molecular formula is C18H23ClN4. The largest absolute Gasteiger partial charge is 0.357 e. The van der Waals surface area contributed by atoms with Crippen LogP contribution in [0.3, 0.4) is 0 Å². The van der Waals surface area contributed by atoms with E-state index in [0.717, 1.165) is 48.8 Å². The molecule has 0 bridgehead atoms. The Morgan fingerprint density at radius 2 is 2.22 bits per heavy atom. The van der Waals surface area contributed by atoms with Crippen LogP contribution in [-0.2, 0) is 19.5 Å². The monoisotopic (exact) mass is 330 g/mol. The van der Waals surface area contributed by atoms with Gasteiger partial charge in [-0.1, -0.05) is 18.5 Å². The number of imidazole rings is 1. The van der Waals surface area contributed by atoms with Gasteiger partial charge in [-0.05, 0) is 43.7 Å². The van der Waals surface area contributed by atoms with E-state index in [2.05, 4.69) is 39.9 Å². The molecular weight excluding hydrogens is 308 g/mol. The lowest BCUT2D eigenvalue weighted by Crippen LogP contribution is -2.17. The van der Waals surface area contributed by atoms with Gasteiger partial charge in [-0.15, -0.1) is 0 Å². The van der Waals surface area contributed by atoms with Crippen molar-refractivity contribution in [2.24, 2.45) is 0 Å². The van der Waals surface area contributed by atoms with E-state index < -0.39 is 0 Å². The Kier molecular flexibility index (Phi) is 5.03. The van der Waals surface area contributed by atoms with Crippen molar-refractivity contribution in [3.05, 3.63) is 52.7 Å². The average molecular weight is 331 g/mol. The van der Waals surface area contributed by atoms with Gasteiger partial charge in [0.2, 0.25) is 0 Å². The van der Waals surface area contributed by atoms with Crippen LogP contribution < -0.4 is 5.32 Å². The number of hydrogen-bond acceptors (Lipinski definition) is 2. The summed E-state index contributed by atoms with van der Waals surface area (Å²) in [5, 5.41) is 5.51. The Bertz CT molecular complexity index is 788. The third kappa shape index (κ3) is 3.59. The number of H-pyrrole nitrogens is 1. The molecule has 2 heterocycles. The van der Waals surface area contributed by atoms with Crippen LogP contribution in [0.1, 0.15) is 30.4 Å². The summed E-state index contributed by atoms with van der Waals surface area (Å²) in [7, 11) is 0. The van der Waals surface area contributed by atoms with Crippen molar-refractivity contribution in [1.29, 1.82) is 0 Å². The minimum atomic E-state index is 0.783. The molecule has 0 atom stereocenters. The van der Waals surface area contributed by atoms with Gasteiger partial charge >= 0.3 is 0 Å². The smallest absolute Gasteiger partial charge is 0.108 e. The van der Waals surface area contributed by atoms with Crippen molar-refractivity contribution in [3.8, 4) is 0 Å². The number of nitrogens with zero attached hydrogens (tertiary/aromatic N) is 2. The topological polar surface area (TPSA) is 45.6 Å². The summed E-state index contributed by atoms with van der Waals surface area (Å²) < 4.78 is 2.23. The zero-order chi connectivity index (χ0) is 16.2. The quantitative estimate of drug-likeness (QED) is 0.641. The van der Waals surface area contributed by atoms with Crippen LogP contribution in [-0.4, -0.2) is 21.1 Å². The number of benzene rings is 1. The highest BCUT2D eigenvalue weighted by atomic mass is 35.5. The number of nitrogens with one attached hydrogen (secondary N) is 2. The van der Waals surface area contributed by atoms with Crippen molar-refractivity contribution in [2.75, 3.05) is 6.54 Å². The van der Waals surface area contributed by atoms with Gasteiger partial charge in [0.1, 0.15) is 5.82 Å². The molecule has 0 aliphatic carbocycles. The molecule has 0 fully saturated rings. The molecule has 3 aromatic rings. The predicted octanol–water partition coefficient (Wildman–Crippen LogP) is 4.07. The first-order valence-electron chi connectivity index (χ1n) is 8.16. The Hall–Kier alpha value is -1.78. The maximum absolute atomic E-state index is 6.08. The molecule has 5 heteroatoms. The SMILES string of the molecule is CCc1nccn1CCCNCc1[nH]c2ccc(Cl)cc2c1C. The second kappa shape index (κ2) is 7.20. The van der Waals surface area contributed by atoms with Gasteiger partial charge < -0.3 is 14.9 Å². The number of aryl methyl sites for hydroxylation is 3. The van der Waals surface area contributed by atoms with E-state index in [1.807, 2.05) is 24.4 Å². The summed E-state index contributed by atoms with van der Waals surface area (Å²) >= 11 is 6.08. The van der Waals surface area contributed by atoms with Gasteiger partial charge in [0.05, 0.1) is 0 Å². The van der Waals surface area contributed by atoms with Crippen molar-refractivity contribution in [3.63, 3.8) is 0 Å². The summed E-state index contributed by atoms with van der Waals surface area (Å²) in [5.74, 6) is 1.16. The summed E-state index contributed by atoms with van der Waals surface area (Å²) in [6.45, 7) is 7.13. The number of aromatic amines is 1. The lowest BCUT2D eigenvalue weighted by Gasteiger charge is -2.07. The second-order valence-corrected chi connectivity index (χ2v) is 6.28. The van der Waals surface area contributed by atoms with E-state index in [1.54, 1.807) is 0 Å². The van der Waals surface area contributed by atoms with E-state index in [1.165, 1.54) is 16.6 Å². The first kappa shape index (κ1) is 16.1. The average Bonchev–Trinajstić information content (AvgIpc) is 3.12. The Morgan fingerprint density at radius 3 is 3.04 bits per heavy atom. The van der Waals surface area contributed by atoms with Crippen molar-refractivity contribution in [1.82, 2.24) is 19.9 Å². The lowest BCUT2D eigenvalue weighted by molar-refractivity contribution is 0.564. The molecule has 23 heavy (non-hydrogen) atoms. The maximum Gasteiger partial charge on any atom is 0.108 e. The van der Waals surface area contributed by atoms with Gasteiger partial charge in [0.15, 0.2) is 0 Å². The van der Waals surface area contributed by atoms with E-state index in [4.69, 9.17) is 11.6 Å². The van der Waals surface area contributed by atoms with Gasteiger partial charge in [-0.3, -0.25) is 0 Å². The van der Waals surface area contributed by atoms with Crippen LogP contribution in [0.2, 0.25) is 5.02 Å². The molecule has 0 radical (unpaired) electrons. The molecule has 1 aromatic carbocycles. The Balaban J connectivity index is 1.52. The fourth-order valence-electron chi connectivity index (χ4n) is 2.98. The van der Waals surface area contributed by atoms with Crippen LogP contribution in [0.25, 0.3) is 10.9 Å². The van der Waals surface area contributed by atoms with E-state index >= 15 is 0 Å². The molecule has 0 aliphatic rings. The molecule has 122 valence electrons. The van der Waals surface area contributed by atoms with Crippen LogP contribution in [0.15, 0.2) is 30.6 Å². The van der Waals surface area contributed by atoms with Gasteiger partial charge in [-0.25, -0.2) is 4.98 Å². The zero-order valence-electron chi connectivity index (χ0n) is 13.7. The fraction of sp³-hybridized carbons (Fsp3) is 0.389. The minimum Gasteiger partial charge on any atom is -0.357 e. The highest BCUT2D eigenvalue weighted by molar-refractivity contribution is 6.31. The molecule has 0 saturated heterocycles. The third-order valence-corrected chi connectivity index (χ3v) is 4.53. The fourth-order valence-corrected chi connectivity index (χ4v) is 3.15. The molecule has 0 spiro atoms.